The molecule has 13 heavy (non-hydrogen) atoms. The number of rotatable bonds is 5. The van der Waals surface area contributed by atoms with Crippen molar-refractivity contribution >= 4 is 16.0 Å². The molecule has 0 rings (SSSR count). The number of nitrogens with two attached hydrogens (primary N) is 1. The highest BCUT2D eigenvalue weighted by molar-refractivity contribution is 7.87. The van der Waals surface area contributed by atoms with E-state index >= 15 is 0 Å². The maximum absolute atomic E-state index is 11.0. The number of hydrogen-bond donors (Lipinski definition) is 4. The van der Waals surface area contributed by atoms with E-state index < -0.39 is 16.3 Å². The largest absolute Gasteiger partial charge is 0.409 e. The van der Waals surface area contributed by atoms with E-state index in [1.165, 1.54) is 6.92 Å². The summed E-state index contributed by atoms with van der Waals surface area (Å²) in [5.74, 6) is -0.193. The lowest BCUT2D eigenvalue weighted by Gasteiger charge is -2.12. The molecule has 0 aliphatic rings. The minimum atomic E-state index is -3.56. The monoisotopic (exact) mass is 210 g/mol. The van der Waals surface area contributed by atoms with Crippen molar-refractivity contribution < 1.29 is 13.6 Å². The number of hydrogen-bond acceptors (Lipinski definition) is 4. The lowest BCUT2D eigenvalue weighted by molar-refractivity contribution is 0.316. The SMILES string of the molecule is CCNS(=O)(=O)NC(C)C(N)=NO. The van der Waals surface area contributed by atoms with Crippen LogP contribution in [0.25, 0.3) is 0 Å². The van der Waals surface area contributed by atoms with Crippen LogP contribution in [0.15, 0.2) is 5.16 Å². The molecule has 0 aromatic carbocycles. The van der Waals surface area contributed by atoms with Gasteiger partial charge in [-0.25, -0.2) is 4.72 Å². The summed E-state index contributed by atoms with van der Waals surface area (Å²) in [5.41, 5.74) is 5.17. The molecule has 0 aromatic heterocycles. The number of amidine groups is 1. The van der Waals surface area contributed by atoms with Crippen molar-refractivity contribution in [2.24, 2.45) is 10.9 Å². The molecule has 0 amide bonds. The summed E-state index contributed by atoms with van der Waals surface area (Å²) in [7, 11) is -3.56. The van der Waals surface area contributed by atoms with E-state index in [1.54, 1.807) is 6.92 Å². The summed E-state index contributed by atoms with van der Waals surface area (Å²) in [6.45, 7) is 3.38. The molecule has 0 saturated carbocycles. The van der Waals surface area contributed by atoms with E-state index in [-0.39, 0.29) is 12.4 Å². The third-order valence-corrected chi connectivity index (χ3v) is 2.56. The van der Waals surface area contributed by atoms with Gasteiger partial charge in [0.1, 0.15) is 0 Å². The quantitative estimate of drug-likeness (QED) is 0.192. The predicted octanol–water partition coefficient (Wildman–Crippen LogP) is -1.43. The molecule has 0 fully saturated rings. The Morgan fingerprint density at radius 2 is 2.23 bits per heavy atom. The third-order valence-electron chi connectivity index (χ3n) is 1.23. The molecule has 1 unspecified atom stereocenters. The second-order valence-corrected chi connectivity index (χ2v) is 3.90. The normalized spacial score (nSPS) is 15.7. The van der Waals surface area contributed by atoms with Gasteiger partial charge >= 0.3 is 0 Å². The number of oxime groups is 1. The van der Waals surface area contributed by atoms with Crippen LogP contribution in [-0.4, -0.2) is 32.0 Å². The molecule has 5 N–H and O–H groups in total. The first-order valence-electron chi connectivity index (χ1n) is 3.67. The third kappa shape index (κ3) is 4.65. The minimum absolute atomic E-state index is 0.193. The molecule has 7 nitrogen and oxygen atoms in total. The zero-order valence-electron chi connectivity index (χ0n) is 7.48. The van der Waals surface area contributed by atoms with Gasteiger partial charge in [-0.1, -0.05) is 12.1 Å². The van der Waals surface area contributed by atoms with Crippen LogP contribution in [0.1, 0.15) is 13.8 Å². The lowest BCUT2D eigenvalue weighted by Crippen LogP contribution is -2.47. The Bertz CT molecular complexity index is 274. The summed E-state index contributed by atoms with van der Waals surface area (Å²) >= 11 is 0. The summed E-state index contributed by atoms with van der Waals surface area (Å²) in [5, 5.41) is 10.9. The molecule has 0 bridgehead atoms. The molecule has 0 spiro atoms. The fourth-order valence-corrected chi connectivity index (χ4v) is 1.66. The molecular formula is C5H14N4O3S. The first-order valence-corrected chi connectivity index (χ1v) is 5.15. The van der Waals surface area contributed by atoms with Crippen LogP contribution in [0, 0.1) is 0 Å². The van der Waals surface area contributed by atoms with E-state index in [2.05, 4.69) is 14.6 Å². The minimum Gasteiger partial charge on any atom is -0.409 e. The van der Waals surface area contributed by atoms with Crippen molar-refractivity contribution in [3.05, 3.63) is 0 Å². The van der Waals surface area contributed by atoms with Crippen LogP contribution in [0.4, 0.5) is 0 Å². The molecule has 8 heteroatoms. The molecule has 0 radical (unpaired) electrons. The molecule has 0 aliphatic carbocycles. The van der Waals surface area contributed by atoms with Crippen molar-refractivity contribution in [2.75, 3.05) is 6.54 Å². The smallest absolute Gasteiger partial charge is 0.277 e. The number of nitrogens with one attached hydrogen (secondary N) is 2. The van der Waals surface area contributed by atoms with Crippen molar-refractivity contribution in [3.63, 3.8) is 0 Å². The van der Waals surface area contributed by atoms with Crippen LogP contribution >= 0.6 is 0 Å². The zero-order valence-corrected chi connectivity index (χ0v) is 8.30. The second kappa shape index (κ2) is 5.00. The van der Waals surface area contributed by atoms with Crippen LogP contribution in [-0.2, 0) is 10.2 Å². The van der Waals surface area contributed by atoms with E-state index in [9.17, 15) is 8.42 Å². The van der Waals surface area contributed by atoms with E-state index in [0.717, 1.165) is 0 Å². The molecule has 78 valence electrons. The Hall–Kier alpha value is -0.860. The maximum atomic E-state index is 11.0. The highest BCUT2D eigenvalue weighted by Gasteiger charge is 2.15. The highest BCUT2D eigenvalue weighted by atomic mass is 32.2. The van der Waals surface area contributed by atoms with Gasteiger partial charge in [0, 0.05) is 6.54 Å². The summed E-state index contributed by atoms with van der Waals surface area (Å²) < 4.78 is 26.4. The van der Waals surface area contributed by atoms with Gasteiger partial charge in [0.25, 0.3) is 10.2 Å². The molecular weight excluding hydrogens is 196 g/mol. The van der Waals surface area contributed by atoms with E-state index in [4.69, 9.17) is 10.9 Å². The maximum Gasteiger partial charge on any atom is 0.277 e. The average Bonchev–Trinajstić information content (AvgIpc) is 2.01. The van der Waals surface area contributed by atoms with Gasteiger partial charge in [0.05, 0.1) is 6.04 Å². The standard InChI is InChI=1S/C5H14N4O3S/c1-3-7-13(11,12)9-4(2)5(6)8-10/h4,7,9-10H,3H2,1-2H3,(H2,6,8). The topological polar surface area (TPSA) is 117 Å². The summed E-state index contributed by atoms with van der Waals surface area (Å²) in [6, 6.07) is -0.742. The molecule has 0 aliphatic heterocycles. The van der Waals surface area contributed by atoms with Gasteiger partial charge in [-0.15, -0.1) is 0 Å². The summed E-state index contributed by atoms with van der Waals surface area (Å²) in [4.78, 5) is 0. The van der Waals surface area contributed by atoms with Crippen molar-refractivity contribution in [1.29, 1.82) is 0 Å². The Morgan fingerprint density at radius 3 is 2.62 bits per heavy atom. The highest BCUT2D eigenvalue weighted by Crippen LogP contribution is 1.85. The number of nitrogens with zero attached hydrogens (tertiary/aromatic N) is 1. The Balaban J connectivity index is 4.28. The molecule has 0 aromatic rings. The molecule has 0 heterocycles. The van der Waals surface area contributed by atoms with Crippen LogP contribution in [0.5, 0.6) is 0 Å². The second-order valence-electron chi connectivity index (χ2n) is 2.37. The Morgan fingerprint density at radius 1 is 1.69 bits per heavy atom. The predicted molar refractivity (Wildman–Crippen MR) is 48.6 cm³/mol. The van der Waals surface area contributed by atoms with Crippen LogP contribution in [0.3, 0.4) is 0 Å². The lowest BCUT2D eigenvalue weighted by atomic mass is 10.3. The van der Waals surface area contributed by atoms with Crippen LogP contribution in [0.2, 0.25) is 0 Å². The van der Waals surface area contributed by atoms with Gasteiger partial charge < -0.3 is 10.9 Å². The molecule has 0 saturated heterocycles. The van der Waals surface area contributed by atoms with Gasteiger partial charge in [-0.2, -0.15) is 13.1 Å². The fourth-order valence-electron chi connectivity index (χ4n) is 0.611. The van der Waals surface area contributed by atoms with Gasteiger partial charge in [0.15, 0.2) is 5.84 Å². The van der Waals surface area contributed by atoms with Crippen LogP contribution < -0.4 is 15.2 Å². The Kier molecular flexibility index (Phi) is 4.67. The first kappa shape index (κ1) is 12.1. The van der Waals surface area contributed by atoms with E-state index in [0.29, 0.717) is 0 Å². The van der Waals surface area contributed by atoms with Crippen molar-refractivity contribution in [1.82, 2.24) is 9.44 Å². The van der Waals surface area contributed by atoms with Crippen molar-refractivity contribution in [2.45, 2.75) is 19.9 Å². The van der Waals surface area contributed by atoms with Crippen molar-refractivity contribution in [3.8, 4) is 0 Å². The van der Waals surface area contributed by atoms with Gasteiger partial charge in [-0.3, -0.25) is 0 Å². The first-order chi connectivity index (χ1) is 5.93. The zero-order chi connectivity index (χ0) is 10.5. The molecule has 1 atom stereocenters. The fraction of sp³-hybridized carbons (Fsp3) is 0.800. The van der Waals surface area contributed by atoms with E-state index in [1.807, 2.05) is 0 Å². The summed E-state index contributed by atoms with van der Waals surface area (Å²) in [6.07, 6.45) is 0. The van der Waals surface area contributed by atoms with Gasteiger partial charge in [0.2, 0.25) is 0 Å². The van der Waals surface area contributed by atoms with Gasteiger partial charge in [-0.05, 0) is 6.92 Å². The average molecular weight is 210 g/mol. The Labute approximate surface area is 77.2 Å².